The molecule has 1 aromatic rings. The lowest BCUT2D eigenvalue weighted by atomic mass is 9.99. The van der Waals surface area contributed by atoms with Crippen molar-refractivity contribution in [3.8, 4) is 6.07 Å². The Morgan fingerprint density at radius 3 is 2.71 bits per heavy atom. The minimum Gasteiger partial charge on any atom is -0.338 e. The van der Waals surface area contributed by atoms with Crippen molar-refractivity contribution in [3.05, 3.63) is 29.8 Å². The van der Waals surface area contributed by atoms with E-state index in [1.54, 1.807) is 30.3 Å². The third kappa shape index (κ3) is 4.06. The average Bonchev–Trinajstić information content (AvgIpc) is 2.47. The van der Waals surface area contributed by atoms with E-state index >= 15 is 0 Å². The quantitative estimate of drug-likeness (QED) is 0.926. The van der Waals surface area contributed by atoms with Crippen molar-refractivity contribution in [2.45, 2.75) is 26.2 Å². The van der Waals surface area contributed by atoms with Crippen LogP contribution >= 0.6 is 0 Å². The summed E-state index contributed by atoms with van der Waals surface area (Å²) in [5.41, 5.74) is 1.22. The molecular weight excluding hydrogens is 266 g/mol. The van der Waals surface area contributed by atoms with E-state index < -0.39 is 0 Å². The molecule has 0 saturated carbocycles. The molecule has 1 fully saturated rings. The largest absolute Gasteiger partial charge is 0.338 e. The number of hydrogen-bond acceptors (Lipinski definition) is 3. The molecule has 1 aliphatic heterocycles. The molecular formula is C16H19N3O2. The first-order valence-electron chi connectivity index (χ1n) is 7.16. The molecule has 2 rings (SSSR count). The highest BCUT2D eigenvalue weighted by molar-refractivity contribution is 5.96. The summed E-state index contributed by atoms with van der Waals surface area (Å²) in [7, 11) is 0. The molecule has 5 heteroatoms. The third-order valence-electron chi connectivity index (χ3n) is 3.60. The molecule has 1 heterocycles. The Bertz CT molecular complexity index is 560. The number of carbonyl (C=O) groups excluding carboxylic acids is 2. The molecule has 1 unspecified atom stereocenters. The van der Waals surface area contributed by atoms with Crippen molar-refractivity contribution in [1.29, 1.82) is 5.26 Å². The van der Waals surface area contributed by atoms with Crippen LogP contribution in [0, 0.1) is 17.2 Å². The Kier molecular flexibility index (Phi) is 4.94. The predicted molar refractivity (Wildman–Crippen MR) is 79.6 cm³/mol. The number of piperidine rings is 1. The second kappa shape index (κ2) is 6.89. The molecule has 2 amide bonds. The van der Waals surface area contributed by atoms with Gasteiger partial charge in [0.15, 0.2) is 0 Å². The summed E-state index contributed by atoms with van der Waals surface area (Å²) in [6, 6.07) is 8.60. The Labute approximate surface area is 124 Å². The second-order valence-electron chi connectivity index (χ2n) is 5.46. The molecule has 1 aromatic carbocycles. The third-order valence-corrected chi connectivity index (χ3v) is 3.60. The van der Waals surface area contributed by atoms with Crippen molar-refractivity contribution in [1.82, 2.24) is 4.90 Å². The number of carbonyl (C=O) groups is 2. The molecule has 0 bridgehead atoms. The normalized spacial score (nSPS) is 17.9. The van der Waals surface area contributed by atoms with Crippen molar-refractivity contribution in [3.63, 3.8) is 0 Å². The second-order valence-corrected chi connectivity index (χ2v) is 5.46. The number of amides is 2. The van der Waals surface area contributed by atoms with Crippen LogP contribution < -0.4 is 5.32 Å². The Hall–Kier alpha value is -2.35. The summed E-state index contributed by atoms with van der Waals surface area (Å²) in [5.74, 6) is 0.241. The number of anilines is 1. The van der Waals surface area contributed by atoms with Gasteiger partial charge in [-0.3, -0.25) is 9.59 Å². The molecule has 0 radical (unpaired) electrons. The molecule has 1 atom stereocenters. The average molecular weight is 285 g/mol. The van der Waals surface area contributed by atoms with Crippen molar-refractivity contribution in [2.75, 3.05) is 18.4 Å². The molecule has 1 aliphatic rings. The fourth-order valence-electron chi connectivity index (χ4n) is 2.53. The summed E-state index contributed by atoms with van der Waals surface area (Å²) in [5, 5.41) is 11.0. The standard InChI is InChI=1S/C16H19N3O2/c1-12-3-2-10-19(11-12)16(21)13-4-6-14(7-5-13)18-15(20)8-9-17/h4-7,12H,2-3,8,10-11H2,1H3,(H,18,20). The molecule has 0 aliphatic carbocycles. The highest BCUT2D eigenvalue weighted by Crippen LogP contribution is 2.19. The maximum absolute atomic E-state index is 12.4. The van der Waals surface area contributed by atoms with Crippen molar-refractivity contribution in [2.24, 2.45) is 5.92 Å². The van der Waals surface area contributed by atoms with Gasteiger partial charge < -0.3 is 10.2 Å². The fourth-order valence-corrected chi connectivity index (χ4v) is 2.53. The number of benzene rings is 1. The summed E-state index contributed by atoms with van der Waals surface area (Å²) < 4.78 is 0. The summed E-state index contributed by atoms with van der Waals surface area (Å²) in [4.78, 5) is 25.6. The van der Waals surface area contributed by atoms with Gasteiger partial charge in [-0.15, -0.1) is 0 Å². The van der Waals surface area contributed by atoms with Crippen LogP contribution in [0.4, 0.5) is 5.69 Å². The van der Waals surface area contributed by atoms with Gasteiger partial charge in [-0.25, -0.2) is 0 Å². The number of likely N-dealkylation sites (tertiary alicyclic amines) is 1. The van der Waals surface area contributed by atoms with Crippen LogP contribution in [0.15, 0.2) is 24.3 Å². The minimum atomic E-state index is -0.346. The van der Waals surface area contributed by atoms with E-state index in [0.717, 1.165) is 19.5 Å². The summed E-state index contributed by atoms with van der Waals surface area (Å²) >= 11 is 0. The van der Waals surface area contributed by atoms with E-state index in [-0.39, 0.29) is 18.2 Å². The van der Waals surface area contributed by atoms with Crippen molar-refractivity contribution >= 4 is 17.5 Å². The van der Waals surface area contributed by atoms with Crippen LogP contribution in [0.2, 0.25) is 0 Å². The number of nitrogens with one attached hydrogen (secondary N) is 1. The molecule has 5 nitrogen and oxygen atoms in total. The van der Waals surface area contributed by atoms with Crippen LogP contribution in [0.5, 0.6) is 0 Å². The number of rotatable bonds is 3. The van der Waals surface area contributed by atoms with Crippen LogP contribution in [0.1, 0.15) is 36.5 Å². The predicted octanol–water partition coefficient (Wildman–Crippen LogP) is 2.41. The number of hydrogen-bond donors (Lipinski definition) is 1. The maximum Gasteiger partial charge on any atom is 0.253 e. The van der Waals surface area contributed by atoms with Crippen LogP contribution in [-0.4, -0.2) is 29.8 Å². The number of nitrogens with zero attached hydrogens (tertiary/aromatic N) is 2. The first-order chi connectivity index (χ1) is 10.1. The van der Waals surface area contributed by atoms with E-state index in [1.165, 1.54) is 6.42 Å². The molecule has 0 spiro atoms. The lowest BCUT2D eigenvalue weighted by Crippen LogP contribution is -2.39. The Morgan fingerprint density at radius 1 is 1.38 bits per heavy atom. The van der Waals surface area contributed by atoms with Gasteiger partial charge in [0.25, 0.3) is 5.91 Å². The molecule has 1 N–H and O–H groups in total. The molecule has 110 valence electrons. The SMILES string of the molecule is CC1CCCN(C(=O)c2ccc(NC(=O)CC#N)cc2)C1. The van der Waals surface area contributed by atoms with E-state index in [2.05, 4.69) is 12.2 Å². The fraction of sp³-hybridized carbons (Fsp3) is 0.438. The van der Waals surface area contributed by atoms with Gasteiger partial charge >= 0.3 is 0 Å². The maximum atomic E-state index is 12.4. The van der Waals surface area contributed by atoms with Gasteiger partial charge in [0.05, 0.1) is 6.07 Å². The first kappa shape index (κ1) is 15.0. The monoisotopic (exact) mass is 285 g/mol. The lowest BCUT2D eigenvalue weighted by Gasteiger charge is -2.31. The molecule has 1 saturated heterocycles. The van der Waals surface area contributed by atoms with Gasteiger partial charge in [0, 0.05) is 24.3 Å². The first-order valence-corrected chi connectivity index (χ1v) is 7.16. The highest BCUT2D eigenvalue weighted by Gasteiger charge is 2.21. The van der Waals surface area contributed by atoms with Crippen LogP contribution in [0.3, 0.4) is 0 Å². The van der Waals surface area contributed by atoms with Gasteiger partial charge in [-0.05, 0) is 43.0 Å². The van der Waals surface area contributed by atoms with Gasteiger partial charge in [-0.2, -0.15) is 5.26 Å². The topological polar surface area (TPSA) is 73.2 Å². The summed E-state index contributed by atoms with van der Waals surface area (Å²) in [6.45, 7) is 3.77. The zero-order valence-corrected chi connectivity index (χ0v) is 12.1. The van der Waals surface area contributed by atoms with E-state index in [1.807, 2.05) is 4.90 Å². The van der Waals surface area contributed by atoms with E-state index in [0.29, 0.717) is 17.2 Å². The van der Waals surface area contributed by atoms with Gasteiger partial charge in [0.1, 0.15) is 6.42 Å². The van der Waals surface area contributed by atoms with Crippen molar-refractivity contribution < 1.29 is 9.59 Å². The summed E-state index contributed by atoms with van der Waals surface area (Å²) in [6.07, 6.45) is 2.05. The van der Waals surface area contributed by atoms with Crippen LogP contribution in [0.25, 0.3) is 0 Å². The minimum absolute atomic E-state index is 0.0384. The highest BCUT2D eigenvalue weighted by atomic mass is 16.2. The van der Waals surface area contributed by atoms with Crippen LogP contribution in [-0.2, 0) is 4.79 Å². The lowest BCUT2D eigenvalue weighted by molar-refractivity contribution is -0.115. The van der Waals surface area contributed by atoms with Gasteiger partial charge in [0.2, 0.25) is 5.91 Å². The number of nitriles is 1. The molecule has 21 heavy (non-hydrogen) atoms. The van der Waals surface area contributed by atoms with Gasteiger partial charge in [-0.1, -0.05) is 6.92 Å². The van der Waals surface area contributed by atoms with E-state index in [9.17, 15) is 9.59 Å². The Balaban J connectivity index is 2.00. The zero-order valence-electron chi connectivity index (χ0n) is 12.1. The van der Waals surface area contributed by atoms with E-state index in [4.69, 9.17) is 5.26 Å². The zero-order chi connectivity index (χ0) is 15.2. The smallest absolute Gasteiger partial charge is 0.253 e. The Morgan fingerprint density at radius 2 is 2.10 bits per heavy atom. The molecule has 0 aromatic heterocycles.